The first-order chi connectivity index (χ1) is 11.3. The van der Waals surface area contributed by atoms with E-state index in [0.717, 1.165) is 5.56 Å². The average molecular weight is 329 g/mol. The molecule has 0 bridgehead atoms. The molecule has 1 amide bonds. The molecule has 0 radical (unpaired) electrons. The Bertz CT molecular complexity index is 758. The Labute approximate surface area is 139 Å². The van der Waals surface area contributed by atoms with Gasteiger partial charge in [-0.1, -0.05) is 38.1 Å². The Kier molecular flexibility index (Phi) is 5.18. The molecule has 1 aromatic heterocycles. The smallest absolute Gasteiger partial charge is 0.326 e. The second-order valence-corrected chi connectivity index (χ2v) is 5.83. The standard InChI is InChI=1S/C18H19NO5/c1-10(2)16(18(22)23)19-17(21)15-9-8-14(24-15)13-6-4-12(5-7-13)11(3)20/h4-10,16H,1-3H3,(H,19,21)(H,22,23)/t16-/m0/s1. The highest BCUT2D eigenvalue weighted by molar-refractivity contribution is 5.95. The van der Waals surface area contributed by atoms with Crippen molar-refractivity contribution in [2.24, 2.45) is 5.92 Å². The number of carboxylic acids is 1. The summed E-state index contributed by atoms with van der Waals surface area (Å²) in [5.41, 5.74) is 1.31. The fraction of sp³-hybridized carbons (Fsp3) is 0.278. The molecule has 0 aliphatic rings. The lowest BCUT2D eigenvalue weighted by Crippen LogP contribution is -2.44. The summed E-state index contributed by atoms with van der Waals surface area (Å²) in [6.45, 7) is 4.91. The molecule has 6 nitrogen and oxygen atoms in total. The Morgan fingerprint density at radius 2 is 1.67 bits per heavy atom. The minimum absolute atomic E-state index is 0.0329. The highest BCUT2D eigenvalue weighted by atomic mass is 16.4. The lowest BCUT2D eigenvalue weighted by Gasteiger charge is -2.16. The third-order valence-corrected chi connectivity index (χ3v) is 3.63. The summed E-state index contributed by atoms with van der Waals surface area (Å²) in [4.78, 5) is 34.6. The molecule has 6 heteroatoms. The van der Waals surface area contributed by atoms with E-state index < -0.39 is 17.9 Å². The van der Waals surface area contributed by atoms with E-state index in [2.05, 4.69) is 5.32 Å². The van der Waals surface area contributed by atoms with Crippen LogP contribution < -0.4 is 5.32 Å². The second kappa shape index (κ2) is 7.12. The zero-order valence-corrected chi connectivity index (χ0v) is 13.7. The summed E-state index contributed by atoms with van der Waals surface area (Å²) >= 11 is 0. The molecule has 24 heavy (non-hydrogen) atoms. The third kappa shape index (κ3) is 3.90. The van der Waals surface area contributed by atoms with Gasteiger partial charge in [-0.2, -0.15) is 0 Å². The zero-order chi connectivity index (χ0) is 17.9. The van der Waals surface area contributed by atoms with Crippen molar-refractivity contribution in [2.75, 3.05) is 0 Å². The van der Waals surface area contributed by atoms with E-state index in [-0.39, 0.29) is 17.5 Å². The van der Waals surface area contributed by atoms with E-state index in [4.69, 9.17) is 9.52 Å². The summed E-state index contributed by atoms with van der Waals surface area (Å²) in [5, 5.41) is 11.6. The molecule has 0 fully saturated rings. The average Bonchev–Trinajstić information content (AvgIpc) is 3.01. The van der Waals surface area contributed by atoms with E-state index in [0.29, 0.717) is 11.3 Å². The molecule has 1 aromatic carbocycles. The molecule has 2 aromatic rings. The van der Waals surface area contributed by atoms with Crippen molar-refractivity contribution >= 4 is 17.7 Å². The van der Waals surface area contributed by atoms with E-state index in [1.54, 1.807) is 44.2 Å². The minimum Gasteiger partial charge on any atom is -0.480 e. The van der Waals surface area contributed by atoms with Crippen molar-refractivity contribution in [1.29, 1.82) is 0 Å². The minimum atomic E-state index is -1.09. The fourth-order valence-electron chi connectivity index (χ4n) is 2.21. The number of hydrogen-bond donors (Lipinski definition) is 2. The van der Waals surface area contributed by atoms with Gasteiger partial charge in [0.1, 0.15) is 11.8 Å². The normalized spacial score (nSPS) is 12.0. The van der Waals surface area contributed by atoms with E-state index in [1.807, 2.05) is 0 Å². The molecule has 0 aliphatic carbocycles. The van der Waals surface area contributed by atoms with Crippen LogP contribution in [-0.4, -0.2) is 28.8 Å². The molecule has 126 valence electrons. The van der Waals surface area contributed by atoms with Crippen molar-refractivity contribution in [3.63, 3.8) is 0 Å². The number of amides is 1. The summed E-state index contributed by atoms with van der Waals surface area (Å²) in [6, 6.07) is 8.95. The number of benzene rings is 1. The number of furan rings is 1. The van der Waals surface area contributed by atoms with Crippen LogP contribution in [0.5, 0.6) is 0 Å². The van der Waals surface area contributed by atoms with Gasteiger partial charge in [0.25, 0.3) is 5.91 Å². The maximum atomic E-state index is 12.1. The van der Waals surface area contributed by atoms with Crippen molar-refractivity contribution in [3.8, 4) is 11.3 Å². The number of carbonyl (C=O) groups excluding carboxylic acids is 2. The van der Waals surface area contributed by atoms with Crippen molar-refractivity contribution in [1.82, 2.24) is 5.32 Å². The molecular formula is C18H19NO5. The Balaban J connectivity index is 2.16. The summed E-state index contributed by atoms with van der Waals surface area (Å²) in [5.74, 6) is -1.46. The first kappa shape index (κ1) is 17.5. The lowest BCUT2D eigenvalue weighted by atomic mass is 10.0. The number of Topliss-reactive ketones (excluding diaryl/α,β-unsaturated/α-hetero) is 1. The van der Waals surface area contributed by atoms with Gasteiger partial charge in [0.2, 0.25) is 0 Å². The molecule has 0 saturated heterocycles. The molecular weight excluding hydrogens is 310 g/mol. The van der Waals surface area contributed by atoms with Gasteiger partial charge in [-0.3, -0.25) is 9.59 Å². The highest BCUT2D eigenvalue weighted by Gasteiger charge is 2.25. The molecule has 0 aliphatic heterocycles. The molecule has 1 heterocycles. The van der Waals surface area contributed by atoms with Gasteiger partial charge >= 0.3 is 5.97 Å². The quantitative estimate of drug-likeness (QED) is 0.794. The maximum absolute atomic E-state index is 12.1. The maximum Gasteiger partial charge on any atom is 0.326 e. The molecule has 0 unspecified atom stereocenters. The van der Waals surface area contributed by atoms with Crippen LogP contribution in [0.2, 0.25) is 0 Å². The van der Waals surface area contributed by atoms with E-state index in [1.165, 1.54) is 13.0 Å². The van der Waals surface area contributed by atoms with Crippen molar-refractivity contribution in [3.05, 3.63) is 47.7 Å². The highest BCUT2D eigenvalue weighted by Crippen LogP contribution is 2.23. The SMILES string of the molecule is CC(=O)c1ccc(-c2ccc(C(=O)N[C@H](C(=O)O)C(C)C)o2)cc1. The first-order valence-corrected chi connectivity index (χ1v) is 7.54. The number of carboxylic acid groups (broad SMARTS) is 1. The predicted molar refractivity (Wildman–Crippen MR) is 87.9 cm³/mol. The van der Waals surface area contributed by atoms with Gasteiger partial charge in [-0.25, -0.2) is 4.79 Å². The van der Waals surface area contributed by atoms with Crippen LogP contribution in [0.15, 0.2) is 40.8 Å². The van der Waals surface area contributed by atoms with Gasteiger partial charge in [-0.15, -0.1) is 0 Å². The Hall–Kier alpha value is -2.89. The summed E-state index contributed by atoms with van der Waals surface area (Å²) < 4.78 is 5.50. The van der Waals surface area contributed by atoms with Gasteiger partial charge in [-0.05, 0) is 25.0 Å². The number of nitrogens with one attached hydrogen (secondary N) is 1. The lowest BCUT2D eigenvalue weighted by molar-refractivity contribution is -0.140. The first-order valence-electron chi connectivity index (χ1n) is 7.54. The number of hydrogen-bond acceptors (Lipinski definition) is 4. The third-order valence-electron chi connectivity index (χ3n) is 3.63. The topological polar surface area (TPSA) is 96.6 Å². The molecule has 0 saturated carbocycles. The summed E-state index contributed by atoms with van der Waals surface area (Å²) in [7, 11) is 0. The van der Waals surface area contributed by atoms with Crippen molar-refractivity contribution in [2.45, 2.75) is 26.8 Å². The van der Waals surface area contributed by atoms with Gasteiger partial charge in [0, 0.05) is 11.1 Å². The molecule has 0 spiro atoms. The van der Waals surface area contributed by atoms with Crippen LogP contribution >= 0.6 is 0 Å². The molecule has 1 atom stereocenters. The van der Waals surface area contributed by atoms with Gasteiger partial charge < -0.3 is 14.8 Å². The fourth-order valence-corrected chi connectivity index (χ4v) is 2.21. The van der Waals surface area contributed by atoms with Crippen LogP contribution in [0.25, 0.3) is 11.3 Å². The van der Waals surface area contributed by atoms with Crippen LogP contribution in [0.3, 0.4) is 0 Å². The predicted octanol–water partition coefficient (Wildman–Crippen LogP) is 2.99. The van der Waals surface area contributed by atoms with Crippen LogP contribution in [0.1, 0.15) is 41.7 Å². The molecule has 2 rings (SSSR count). The summed E-state index contributed by atoms with van der Waals surface area (Å²) in [6.07, 6.45) is 0. The monoisotopic (exact) mass is 329 g/mol. The second-order valence-electron chi connectivity index (χ2n) is 5.83. The van der Waals surface area contributed by atoms with E-state index >= 15 is 0 Å². The van der Waals surface area contributed by atoms with Gasteiger partial charge in [0.05, 0.1) is 0 Å². The molecule has 2 N–H and O–H groups in total. The number of ketones is 1. The number of carbonyl (C=O) groups is 3. The van der Waals surface area contributed by atoms with Crippen LogP contribution in [0.4, 0.5) is 0 Å². The largest absolute Gasteiger partial charge is 0.480 e. The zero-order valence-electron chi connectivity index (χ0n) is 13.7. The Morgan fingerprint density at radius 3 is 2.17 bits per heavy atom. The van der Waals surface area contributed by atoms with Crippen LogP contribution in [-0.2, 0) is 4.79 Å². The van der Waals surface area contributed by atoms with E-state index in [9.17, 15) is 14.4 Å². The number of rotatable bonds is 6. The van der Waals surface area contributed by atoms with Crippen molar-refractivity contribution < 1.29 is 23.9 Å². The number of aliphatic carboxylic acids is 1. The van der Waals surface area contributed by atoms with Crippen LogP contribution in [0, 0.1) is 5.92 Å². The van der Waals surface area contributed by atoms with Gasteiger partial charge in [0.15, 0.2) is 11.5 Å². The Morgan fingerprint density at radius 1 is 1.04 bits per heavy atom.